The molecule has 2 aromatic rings. The third kappa shape index (κ3) is 3.43. The van der Waals surface area contributed by atoms with Crippen molar-refractivity contribution in [3.8, 4) is 5.75 Å². The molecule has 0 aliphatic carbocycles. The van der Waals surface area contributed by atoms with E-state index in [1.54, 1.807) is 0 Å². The van der Waals surface area contributed by atoms with Crippen LogP contribution in [0.4, 0.5) is 0 Å². The summed E-state index contributed by atoms with van der Waals surface area (Å²) in [7, 11) is 0. The van der Waals surface area contributed by atoms with Crippen LogP contribution in [-0.2, 0) is 22.5 Å². The van der Waals surface area contributed by atoms with Gasteiger partial charge in [0.2, 0.25) is 0 Å². The van der Waals surface area contributed by atoms with E-state index in [2.05, 4.69) is 13.0 Å². The SMILES string of the molecule is CCc1ccccc1OCc1cc(Cl)ccc1C1OCCO1. The third-order valence-corrected chi connectivity index (χ3v) is 3.95. The summed E-state index contributed by atoms with van der Waals surface area (Å²) in [4.78, 5) is 0. The number of hydrogen-bond acceptors (Lipinski definition) is 3. The van der Waals surface area contributed by atoms with E-state index >= 15 is 0 Å². The average Bonchev–Trinajstić information content (AvgIpc) is 3.07. The molecule has 0 aromatic heterocycles. The molecule has 1 saturated heterocycles. The fourth-order valence-corrected chi connectivity index (χ4v) is 2.75. The van der Waals surface area contributed by atoms with Gasteiger partial charge in [-0.05, 0) is 35.7 Å². The molecule has 3 nitrogen and oxygen atoms in total. The van der Waals surface area contributed by atoms with E-state index in [0.29, 0.717) is 24.8 Å². The van der Waals surface area contributed by atoms with Crippen LogP contribution in [0.15, 0.2) is 42.5 Å². The number of ether oxygens (including phenoxy) is 3. The zero-order chi connectivity index (χ0) is 15.4. The van der Waals surface area contributed by atoms with E-state index in [1.807, 2.05) is 36.4 Å². The van der Waals surface area contributed by atoms with Gasteiger partial charge in [-0.15, -0.1) is 0 Å². The number of hydrogen-bond donors (Lipinski definition) is 0. The Morgan fingerprint density at radius 2 is 1.86 bits per heavy atom. The topological polar surface area (TPSA) is 27.7 Å². The molecule has 22 heavy (non-hydrogen) atoms. The van der Waals surface area contributed by atoms with Gasteiger partial charge >= 0.3 is 0 Å². The summed E-state index contributed by atoms with van der Waals surface area (Å²) in [5.74, 6) is 0.907. The Labute approximate surface area is 135 Å². The van der Waals surface area contributed by atoms with Crippen molar-refractivity contribution < 1.29 is 14.2 Å². The highest BCUT2D eigenvalue weighted by atomic mass is 35.5. The van der Waals surface area contributed by atoms with E-state index in [1.165, 1.54) is 5.56 Å². The number of rotatable bonds is 5. The first-order valence-corrected chi connectivity index (χ1v) is 7.88. The van der Waals surface area contributed by atoms with Crippen molar-refractivity contribution in [1.82, 2.24) is 0 Å². The Hall–Kier alpha value is -1.55. The largest absolute Gasteiger partial charge is 0.489 e. The molecule has 0 amide bonds. The Balaban J connectivity index is 1.80. The second-order valence-corrected chi connectivity index (χ2v) is 5.60. The van der Waals surface area contributed by atoms with Crippen LogP contribution in [0.3, 0.4) is 0 Å². The van der Waals surface area contributed by atoms with Gasteiger partial charge in [0, 0.05) is 10.6 Å². The van der Waals surface area contributed by atoms with Crippen molar-refractivity contribution in [2.24, 2.45) is 0 Å². The smallest absolute Gasteiger partial charge is 0.184 e. The van der Waals surface area contributed by atoms with Crippen molar-refractivity contribution in [2.45, 2.75) is 26.2 Å². The molecule has 0 N–H and O–H groups in total. The maximum absolute atomic E-state index is 6.13. The molecule has 0 atom stereocenters. The summed E-state index contributed by atoms with van der Waals surface area (Å²) >= 11 is 6.13. The Bertz CT molecular complexity index is 636. The summed E-state index contributed by atoms with van der Waals surface area (Å²) in [6, 6.07) is 13.8. The minimum absolute atomic E-state index is 0.322. The van der Waals surface area contributed by atoms with E-state index < -0.39 is 0 Å². The number of para-hydroxylation sites is 1. The molecule has 4 heteroatoms. The molecule has 0 spiro atoms. The van der Waals surface area contributed by atoms with Gasteiger partial charge in [0.15, 0.2) is 6.29 Å². The minimum Gasteiger partial charge on any atom is -0.489 e. The number of benzene rings is 2. The van der Waals surface area contributed by atoms with Crippen molar-refractivity contribution >= 4 is 11.6 Å². The Kier molecular flexibility index (Phi) is 4.98. The van der Waals surface area contributed by atoms with Crippen LogP contribution in [0.1, 0.15) is 29.9 Å². The standard InChI is InChI=1S/C18H19ClO3/c1-2-13-5-3-4-6-17(13)22-12-14-11-15(19)7-8-16(14)18-20-9-10-21-18/h3-8,11,18H,2,9-10,12H2,1H3. The zero-order valence-electron chi connectivity index (χ0n) is 12.5. The lowest BCUT2D eigenvalue weighted by Crippen LogP contribution is -2.06. The van der Waals surface area contributed by atoms with Crippen molar-refractivity contribution in [3.63, 3.8) is 0 Å². The van der Waals surface area contributed by atoms with Crippen LogP contribution in [0.25, 0.3) is 0 Å². The summed E-state index contributed by atoms with van der Waals surface area (Å²) in [5, 5.41) is 0.684. The van der Waals surface area contributed by atoms with Gasteiger partial charge in [0.1, 0.15) is 12.4 Å². The fraction of sp³-hybridized carbons (Fsp3) is 0.333. The lowest BCUT2D eigenvalue weighted by molar-refractivity contribution is -0.0451. The Morgan fingerprint density at radius 1 is 1.09 bits per heavy atom. The fourth-order valence-electron chi connectivity index (χ4n) is 2.56. The molecule has 1 fully saturated rings. The van der Waals surface area contributed by atoms with Crippen LogP contribution >= 0.6 is 11.6 Å². The van der Waals surface area contributed by atoms with E-state index in [0.717, 1.165) is 23.3 Å². The van der Waals surface area contributed by atoms with Gasteiger partial charge in [0.25, 0.3) is 0 Å². The van der Waals surface area contributed by atoms with Crippen LogP contribution in [0.2, 0.25) is 5.02 Å². The molecule has 3 rings (SSSR count). The van der Waals surface area contributed by atoms with Crippen LogP contribution in [-0.4, -0.2) is 13.2 Å². The molecule has 0 radical (unpaired) electrons. The summed E-state index contributed by atoms with van der Waals surface area (Å²) in [5.41, 5.74) is 3.17. The maximum atomic E-state index is 6.13. The van der Waals surface area contributed by atoms with Crippen LogP contribution in [0.5, 0.6) is 5.75 Å². The van der Waals surface area contributed by atoms with Crippen LogP contribution < -0.4 is 4.74 Å². The van der Waals surface area contributed by atoms with Crippen molar-refractivity contribution in [1.29, 1.82) is 0 Å². The summed E-state index contributed by atoms with van der Waals surface area (Å²) in [6.07, 6.45) is 0.616. The molecular formula is C18H19ClO3. The highest BCUT2D eigenvalue weighted by Gasteiger charge is 2.21. The lowest BCUT2D eigenvalue weighted by atomic mass is 10.1. The predicted octanol–water partition coefficient (Wildman–Crippen LogP) is 4.53. The molecule has 1 heterocycles. The number of halogens is 1. The lowest BCUT2D eigenvalue weighted by Gasteiger charge is -2.16. The second kappa shape index (κ2) is 7.14. The molecule has 0 saturated carbocycles. The number of aryl methyl sites for hydroxylation is 1. The van der Waals surface area contributed by atoms with Gasteiger partial charge in [-0.2, -0.15) is 0 Å². The first-order chi connectivity index (χ1) is 10.8. The monoisotopic (exact) mass is 318 g/mol. The van der Waals surface area contributed by atoms with Gasteiger partial charge in [-0.25, -0.2) is 0 Å². The summed E-state index contributed by atoms with van der Waals surface area (Å²) < 4.78 is 17.2. The van der Waals surface area contributed by atoms with Crippen molar-refractivity contribution in [3.05, 3.63) is 64.2 Å². The third-order valence-electron chi connectivity index (χ3n) is 3.72. The normalized spacial score (nSPS) is 15.2. The van der Waals surface area contributed by atoms with E-state index in [-0.39, 0.29) is 6.29 Å². The second-order valence-electron chi connectivity index (χ2n) is 5.17. The Morgan fingerprint density at radius 3 is 2.64 bits per heavy atom. The minimum atomic E-state index is -0.322. The van der Waals surface area contributed by atoms with Crippen LogP contribution in [0, 0.1) is 0 Å². The molecule has 0 bridgehead atoms. The molecule has 1 aliphatic rings. The predicted molar refractivity (Wildman–Crippen MR) is 86.2 cm³/mol. The molecule has 116 valence electrons. The summed E-state index contributed by atoms with van der Waals surface area (Å²) in [6.45, 7) is 3.79. The van der Waals surface area contributed by atoms with Crippen molar-refractivity contribution in [2.75, 3.05) is 13.2 Å². The maximum Gasteiger partial charge on any atom is 0.184 e. The first kappa shape index (κ1) is 15.3. The quantitative estimate of drug-likeness (QED) is 0.811. The van der Waals surface area contributed by atoms with Gasteiger partial charge in [-0.1, -0.05) is 42.8 Å². The van der Waals surface area contributed by atoms with E-state index in [4.69, 9.17) is 25.8 Å². The molecular weight excluding hydrogens is 300 g/mol. The van der Waals surface area contributed by atoms with E-state index in [9.17, 15) is 0 Å². The van der Waals surface area contributed by atoms with Gasteiger partial charge in [-0.3, -0.25) is 0 Å². The highest BCUT2D eigenvalue weighted by Crippen LogP contribution is 2.29. The van der Waals surface area contributed by atoms with Gasteiger partial charge in [0.05, 0.1) is 13.2 Å². The zero-order valence-corrected chi connectivity index (χ0v) is 13.3. The molecule has 1 aliphatic heterocycles. The highest BCUT2D eigenvalue weighted by molar-refractivity contribution is 6.30. The molecule has 2 aromatic carbocycles. The molecule has 0 unspecified atom stereocenters. The first-order valence-electron chi connectivity index (χ1n) is 7.50. The van der Waals surface area contributed by atoms with Gasteiger partial charge < -0.3 is 14.2 Å². The average molecular weight is 319 g/mol.